The number of benzene rings is 2. The van der Waals surface area contributed by atoms with Crippen LogP contribution >= 0.6 is 23.2 Å². The number of nitrogens with zero attached hydrogens (tertiary/aromatic N) is 2. The molecule has 0 saturated heterocycles. The molecule has 0 fully saturated rings. The zero-order valence-electron chi connectivity index (χ0n) is 14.5. The molecule has 0 unspecified atom stereocenters. The molecule has 2 aromatic carbocycles. The minimum Gasteiger partial charge on any atom is -0.383 e. The van der Waals surface area contributed by atoms with Crippen LogP contribution < -0.4 is 16.8 Å². The summed E-state index contributed by atoms with van der Waals surface area (Å²) in [5, 5.41) is 3.75. The Morgan fingerprint density at radius 1 is 1.07 bits per heavy atom. The van der Waals surface area contributed by atoms with Crippen LogP contribution in [0.3, 0.4) is 0 Å². The molecule has 3 aromatic rings. The van der Waals surface area contributed by atoms with E-state index in [2.05, 4.69) is 15.3 Å². The molecule has 0 spiro atoms. The molecule has 8 heteroatoms. The minimum absolute atomic E-state index is 0.123. The smallest absolute Gasteiger partial charge is 0.255 e. The number of rotatable bonds is 4. The van der Waals surface area contributed by atoms with E-state index in [1.807, 2.05) is 6.92 Å². The predicted octanol–water partition coefficient (Wildman–Crippen LogP) is 4.43. The van der Waals surface area contributed by atoms with Crippen molar-refractivity contribution in [3.05, 3.63) is 63.8 Å². The molecule has 0 aliphatic rings. The summed E-state index contributed by atoms with van der Waals surface area (Å²) < 4.78 is 0. The van der Waals surface area contributed by atoms with Crippen LogP contribution in [0.4, 0.5) is 17.5 Å². The highest BCUT2D eigenvalue weighted by Gasteiger charge is 2.15. The van der Waals surface area contributed by atoms with Gasteiger partial charge in [-0.2, -0.15) is 4.98 Å². The van der Waals surface area contributed by atoms with Crippen LogP contribution in [0.15, 0.2) is 42.5 Å². The molecule has 1 heterocycles. The lowest BCUT2D eigenvalue weighted by Gasteiger charge is -2.13. The van der Waals surface area contributed by atoms with E-state index in [1.165, 1.54) is 0 Å². The van der Waals surface area contributed by atoms with E-state index in [1.54, 1.807) is 42.5 Å². The van der Waals surface area contributed by atoms with E-state index in [0.717, 1.165) is 11.3 Å². The van der Waals surface area contributed by atoms with Crippen LogP contribution in [0.2, 0.25) is 10.0 Å². The SMILES string of the molecule is CCc1nc(N)nc(N)c1-c1ccc(Cl)c(NC(=O)c2ccc(Cl)cc2)c1. The van der Waals surface area contributed by atoms with Crippen LogP contribution in [0, 0.1) is 0 Å². The Balaban J connectivity index is 1.98. The molecular formula is C19H17Cl2N5O. The monoisotopic (exact) mass is 401 g/mol. The van der Waals surface area contributed by atoms with Gasteiger partial charge in [0, 0.05) is 16.1 Å². The summed E-state index contributed by atoms with van der Waals surface area (Å²) in [5.74, 6) is 0.0953. The van der Waals surface area contributed by atoms with Gasteiger partial charge in [0.25, 0.3) is 5.91 Å². The number of hydrogen-bond acceptors (Lipinski definition) is 5. The molecule has 3 rings (SSSR count). The molecule has 1 aromatic heterocycles. The van der Waals surface area contributed by atoms with Crippen molar-refractivity contribution in [1.29, 1.82) is 0 Å². The zero-order valence-corrected chi connectivity index (χ0v) is 16.0. The van der Waals surface area contributed by atoms with Gasteiger partial charge in [-0.15, -0.1) is 0 Å². The van der Waals surface area contributed by atoms with Gasteiger partial charge in [0.1, 0.15) is 5.82 Å². The number of anilines is 3. The average Bonchev–Trinajstić information content (AvgIpc) is 2.63. The second-order valence-electron chi connectivity index (χ2n) is 5.80. The first-order valence-corrected chi connectivity index (χ1v) is 8.93. The third-order valence-corrected chi connectivity index (χ3v) is 4.56. The van der Waals surface area contributed by atoms with Crippen molar-refractivity contribution in [3.8, 4) is 11.1 Å². The number of carbonyl (C=O) groups excluding carboxylic acids is 1. The molecule has 0 aliphatic heterocycles. The van der Waals surface area contributed by atoms with E-state index in [-0.39, 0.29) is 17.7 Å². The molecule has 0 atom stereocenters. The number of aryl methyl sites for hydroxylation is 1. The van der Waals surface area contributed by atoms with Gasteiger partial charge in [0.05, 0.1) is 16.4 Å². The zero-order chi connectivity index (χ0) is 19.6. The third-order valence-electron chi connectivity index (χ3n) is 3.97. The topological polar surface area (TPSA) is 107 Å². The number of hydrogen-bond donors (Lipinski definition) is 3. The molecule has 0 bridgehead atoms. The Labute approximate surface area is 166 Å². The molecule has 0 radical (unpaired) electrons. The molecule has 1 amide bonds. The molecule has 138 valence electrons. The van der Waals surface area contributed by atoms with E-state index >= 15 is 0 Å². The molecule has 27 heavy (non-hydrogen) atoms. The third kappa shape index (κ3) is 4.13. The largest absolute Gasteiger partial charge is 0.383 e. The summed E-state index contributed by atoms with van der Waals surface area (Å²) in [6, 6.07) is 11.8. The maximum absolute atomic E-state index is 12.5. The normalized spacial score (nSPS) is 10.6. The highest BCUT2D eigenvalue weighted by molar-refractivity contribution is 6.34. The van der Waals surface area contributed by atoms with E-state index in [4.69, 9.17) is 34.7 Å². The van der Waals surface area contributed by atoms with Gasteiger partial charge in [-0.25, -0.2) is 4.98 Å². The summed E-state index contributed by atoms with van der Waals surface area (Å²) in [4.78, 5) is 20.8. The lowest BCUT2D eigenvalue weighted by molar-refractivity contribution is 0.102. The van der Waals surface area contributed by atoms with Gasteiger partial charge in [-0.3, -0.25) is 4.79 Å². The van der Waals surface area contributed by atoms with Crippen molar-refractivity contribution in [3.63, 3.8) is 0 Å². The summed E-state index contributed by atoms with van der Waals surface area (Å²) in [7, 11) is 0. The first-order chi connectivity index (χ1) is 12.9. The summed E-state index contributed by atoms with van der Waals surface area (Å²) in [6.07, 6.45) is 0.626. The fourth-order valence-corrected chi connectivity index (χ4v) is 2.98. The second-order valence-corrected chi connectivity index (χ2v) is 6.64. The summed E-state index contributed by atoms with van der Waals surface area (Å²) in [6.45, 7) is 1.95. The quantitative estimate of drug-likeness (QED) is 0.599. The number of nitrogens with one attached hydrogen (secondary N) is 1. The lowest BCUT2D eigenvalue weighted by Crippen LogP contribution is -2.12. The predicted molar refractivity (Wildman–Crippen MR) is 110 cm³/mol. The van der Waals surface area contributed by atoms with Gasteiger partial charge >= 0.3 is 0 Å². The first kappa shape index (κ1) is 18.9. The Morgan fingerprint density at radius 3 is 2.44 bits per heavy atom. The number of carbonyl (C=O) groups is 1. The maximum atomic E-state index is 12.5. The van der Waals surface area contributed by atoms with E-state index < -0.39 is 0 Å². The lowest BCUT2D eigenvalue weighted by atomic mass is 10.0. The van der Waals surface area contributed by atoms with Crippen LogP contribution in [0.5, 0.6) is 0 Å². The molecule has 0 saturated carbocycles. The number of nitrogen functional groups attached to an aromatic ring is 2. The molecular weight excluding hydrogens is 385 g/mol. The van der Waals surface area contributed by atoms with Crippen molar-refractivity contribution in [2.45, 2.75) is 13.3 Å². The highest BCUT2D eigenvalue weighted by atomic mass is 35.5. The molecule has 0 aliphatic carbocycles. The number of halogens is 2. The van der Waals surface area contributed by atoms with Gasteiger partial charge < -0.3 is 16.8 Å². The maximum Gasteiger partial charge on any atom is 0.255 e. The van der Waals surface area contributed by atoms with E-state index in [0.29, 0.717) is 33.3 Å². The number of aromatic nitrogens is 2. The summed E-state index contributed by atoms with van der Waals surface area (Å²) in [5.41, 5.74) is 14.8. The Kier molecular flexibility index (Phi) is 5.48. The van der Waals surface area contributed by atoms with Crippen molar-refractivity contribution >= 4 is 46.6 Å². The van der Waals surface area contributed by atoms with Crippen LogP contribution in [0.1, 0.15) is 23.0 Å². The van der Waals surface area contributed by atoms with Gasteiger partial charge in [-0.1, -0.05) is 36.2 Å². The van der Waals surface area contributed by atoms with Crippen LogP contribution in [-0.4, -0.2) is 15.9 Å². The van der Waals surface area contributed by atoms with Crippen LogP contribution in [-0.2, 0) is 6.42 Å². The molecule has 6 nitrogen and oxygen atoms in total. The van der Waals surface area contributed by atoms with Gasteiger partial charge in [0.15, 0.2) is 0 Å². The molecule has 5 N–H and O–H groups in total. The fraction of sp³-hybridized carbons (Fsp3) is 0.105. The standard InChI is InChI=1S/C19H17Cl2N5O/c1-2-14-16(17(22)26-19(23)25-14)11-5-8-13(21)15(9-11)24-18(27)10-3-6-12(20)7-4-10/h3-9H,2H2,1H3,(H,24,27)(H4,22,23,25,26). The van der Waals surface area contributed by atoms with Gasteiger partial charge in [0.2, 0.25) is 5.95 Å². The Bertz CT molecular complexity index is 1010. The van der Waals surface area contributed by atoms with Gasteiger partial charge in [-0.05, 0) is 48.4 Å². The van der Waals surface area contributed by atoms with Crippen molar-refractivity contribution in [1.82, 2.24) is 9.97 Å². The van der Waals surface area contributed by atoms with Crippen molar-refractivity contribution in [2.75, 3.05) is 16.8 Å². The first-order valence-electron chi connectivity index (χ1n) is 8.17. The second kappa shape index (κ2) is 7.82. The number of nitrogens with two attached hydrogens (primary N) is 2. The Morgan fingerprint density at radius 2 is 1.78 bits per heavy atom. The highest BCUT2D eigenvalue weighted by Crippen LogP contribution is 2.33. The average molecular weight is 402 g/mol. The Hall–Kier alpha value is -2.83. The fourth-order valence-electron chi connectivity index (χ4n) is 2.69. The van der Waals surface area contributed by atoms with Crippen molar-refractivity contribution in [2.24, 2.45) is 0 Å². The van der Waals surface area contributed by atoms with Crippen molar-refractivity contribution < 1.29 is 4.79 Å². The summed E-state index contributed by atoms with van der Waals surface area (Å²) >= 11 is 12.1. The van der Waals surface area contributed by atoms with Crippen LogP contribution in [0.25, 0.3) is 11.1 Å². The number of amides is 1. The minimum atomic E-state index is -0.303. The van der Waals surface area contributed by atoms with E-state index in [9.17, 15) is 4.79 Å².